The number of hydrogen-bond acceptors (Lipinski definition) is 5. The molecular formula is C18H14O4S. The molecule has 0 saturated heterocycles. The Balaban J connectivity index is 1.90. The Morgan fingerprint density at radius 2 is 1.52 bits per heavy atom. The van der Waals surface area contributed by atoms with Crippen LogP contribution in [0.1, 0.15) is 43.8 Å². The second kappa shape index (κ2) is 6.38. The Bertz CT molecular complexity index is 810. The maximum Gasteiger partial charge on any atom is 0.306 e. The molecule has 0 saturated carbocycles. The van der Waals surface area contributed by atoms with Crippen molar-refractivity contribution >= 4 is 30.2 Å². The molecule has 4 nitrogen and oxygen atoms in total. The number of esters is 1. The third-order valence-corrected chi connectivity index (χ3v) is 3.93. The van der Waals surface area contributed by atoms with Crippen molar-refractivity contribution in [2.45, 2.75) is 13.0 Å². The Morgan fingerprint density at radius 3 is 2.17 bits per heavy atom. The summed E-state index contributed by atoms with van der Waals surface area (Å²) >= 11 is 3.97. The van der Waals surface area contributed by atoms with Crippen LogP contribution in [-0.4, -0.2) is 23.3 Å². The molecule has 116 valence electrons. The Kier molecular flexibility index (Phi) is 4.30. The highest BCUT2D eigenvalue weighted by Gasteiger charge is 2.29. The minimum Gasteiger partial charge on any atom is -0.461 e. The number of fused-ring (bicyclic) bond motifs is 2. The molecule has 0 radical (unpaired) electrons. The molecule has 0 unspecified atom stereocenters. The summed E-state index contributed by atoms with van der Waals surface area (Å²) < 4.78 is 5.11. The zero-order chi connectivity index (χ0) is 16.4. The van der Waals surface area contributed by atoms with Crippen molar-refractivity contribution in [2.75, 3.05) is 5.75 Å². The number of ketones is 2. The summed E-state index contributed by atoms with van der Waals surface area (Å²) in [6.45, 7) is 0.0724. The van der Waals surface area contributed by atoms with Gasteiger partial charge in [0.15, 0.2) is 11.6 Å². The van der Waals surface area contributed by atoms with Crippen LogP contribution in [0.5, 0.6) is 0 Å². The number of hydrogen-bond donors (Lipinski definition) is 1. The quantitative estimate of drug-likeness (QED) is 0.591. The van der Waals surface area contributed by atoms with Crippen LogP contribution in [0.4, 0.5) is 0 Å². The normalized spacial score (nSPS) is 12.6. The van der Waals surface area contributed by atoms with Crippen LogP contribution in [0.3, 0.4) is 0 Å². The highest BCUT2D eigenvalue weighted by atomic mass is 32.1. The van der Waals surface area contributed by atoms with Crippen LogP contribution >= 0.6 is 12.6 Å². The summed E-state index contributed by atoms with van der Waals surface area (Å²) in [5, 5.41) is 0. The summed E-state index contributed by atoms with van der Waals surface area (Å²) in [4.78, 5) is 36.4. The summed E-state index contributed by atoms with van der Waals surface area (Å²) in [5.74, 6) is -0.259. The van der Waals surface area contributed by atoms with E-state index in [1.165, 1.54) is 0 Å². The molecule has 0 heterocycles. The van der Waals surface area contributed by atoms with E-state index in [0.717, 1.165) is 0 Å². The smallest absolute Gasteiger partial charge is 0.306 e. The van der Waals surface area contributed by atoms with Crippen molar-refractivity contribution in [3.05, 3.63) is 70.3 Å². The minimum atomic E-state index is -0.342. The first kappa shape index (κ1) is 15.5. The molecule has 2 aromatic carbocycles. The second-order valence-electron chi connectivity index (χ2n) is 5.22. The first-order valence-electron chi connectivity index (χ1n) is 7.19. The van der Waals surface area contributed by atoms with Gasteiger partial charge in [0.2, 0.25) is 0 Å². The van der Waals surface area contributed by atoms with Crippen LogP contribution in [-0.2, 0) is 16.1 Å². The van der Waals surface area contributed by atoms with Crippen LogP contribution in [0.2, 0.25) is 0 Å². The monoisotopic (exact) mass is 326 g/mol. The molecule has 5 heteroatoms. The number of ether oxygens (including phenoxy) is 1. The molecule has 0 amide bonds. The van der Waals surface area contributed by atoms with Gasteiger partial charge < -0.3 is 4.74 Å². The van der Waals surface area contributed by atoms with Gasteiger partial charge in [-0.15, -0.1) is 0 Å². The van der Waals surface area contributed by atoms with E-state index in [2.05, 4.69) is 12.6 Å². The number of rotatable bonds is 4. The van der Waals surface area contributed by atoms with Crippen molar-refractivity contribution in [2.24, 2.45) is 0 Å². The van der Waals surface area contributed by atoms with Crippen LogP contribution in [0.25, 0.3) is 0 Å². The van der Waals surface area contributed by atoms with Gasteiger partial charge in [-0.2, -0.15) is 12.6 Å². The largest absolute Gasteiger partial charge is 0.461 e. The molecule has 1 aliphatic carbocycles. The maximum atomic E-state index is 12.6. The Hall–Kier alpha value is -2.40. The molecule has 0 fully saturated rings. The van der Waals surface area contributed by atoms with Gasteiger partial charge in [0.05, 0.1) is 6.42 Å². The van der Waals surface area contributed by atoms with E-state index in [1.807, 2.05) is 0 Å². The average Bonchev–Trinajstić information content (AvgIpc) is 2.58. The third-order valence-electron chi connectivity index (χ3n) is 3.71. The lowest BCUT2D eigenvalue weighted by atomic mass is 9.83. The highest BCUT2D eigenvalue weighted by molar-refractivity contribution is 7.80. The summed E-state index contributed by atoms with van der Waals surface area (Å²) in [7, 11) is 0. The van der Waals surface area contributed by atoms with Gasteiger partial charge in [-0.25, -0.2) is 0 Å². The number of carbonyl (C=O) groups is 3. The predicted molar refractivity (Wildman–Crippen MR) is 88.0 cm³/mol. The topological polar surface area (TPSA) is 60.4 Å². The molecule has 0 N–H and O–H groups in total. The van der Waals surface area contributed by atoms with Gasteiger partial charge in [-0.05, 0) is 17.7 Å². The fourth-order valence-corrected chi connectivity index (χ4v) is 2.75. The molecule has 0 aromatic heterocycles. The van der Waals surface area contributed by atoms with Crippen molar-refractivity contribution in [1.82, 2.24) is 0 Å². The van der Waals surface area contributed by atoms with Crippen molar-refractivity contribution in [1.29, 1.82) is 0 Å². The fraction of sp³-hybridized carbons (Fsp3) is 0.167. The molecular weight excluding hydrogens is 312 g/mol. The van der Waals surface area contributed by atoms with Gasteiger partial charge in [0.25, 0.3) is 0 Å². The molecule has 1 aliphatic rings. The lowest BCUT2D eigenvalue weighted by Crippen LogP contribution is -2.21. The maximum absolute atomic E-state index is 12.6. The average molecular weight is 326 g/mol. The summed E-state index contributed by atoms with van der Waals surface area (Å²) in [6.07, 6.45) is 0.235. The van der Waals surface area contributed by atoms with Crippen molar-refractivity contribution in [3.63, 3.8) is 0 Å². The van der Waals surface area contributed by atoms with E-state index < -0.39 is 0 Å². The van der Waals surface area contributed by atoms with Crippen molar-refractivity contribution < 1.29 is 19.1 Å². The van der Waals surface area contributed by atoms with E-state index in [0.29, 0.717) is 33.6 Å². The van der Waals surface area contributed by atoms with Crippen LogP contribution in [0, 0.1) is 0 Å². The van der Waals surface area contributed by atoms with Gasteiger partial charge in [-0.1, -0.05) is 30.3 Å². The molecule has 3 rings (SSSR count). The minimum absolute atomic E-state index is 0.0724. The molecule has 0 bridgehead atoms. The van der Waals surface area contributed by atoms with Crippen LogP contribution < -0.4 is 0 Å². The molecule has 23 heavy (non-hydrogen) atoms. The lowest BCUT2D eigenvalue weighted by molar-refractivity contribution is -0.144. The standard InChI is InChI=1S/C18H14O4S/c19-16(7-8-23)22-10-11-5-6-14-15(9-11)18(21)13-4-2-1-3-12(13)17(14)20/h1-6,9,23H,7-8,10H2. The summed E-state index contributed by atoms with van der Waals surface area (Å²) in [5.41, 5.74) is 2.26. The summed E-state index contributed by atoms with van der Waals surface area (Å²) in [6, 6.07) is 11.7. The Labute approximate surface area is 138 Å². The van der Waals surface area contributed by atoms with Crippen LogP contribution in [0.15, 0.2) is 42.5 Å². The van der Waals surface area contributed by atoms with Gasteiger partial charge >= 0.3 is 5.97 Å². The van der Waals surface area contributed by atoms with E-state index >= 15 is 0 Å². The number of thiol groups is 1. The number of carbonyl (C=O) groups excluding carboxylic acids is 3. The molecule has 0 aliphatic heterocycles. The fourth-order valence-electron chi connectivity index (χ4n) is 2.56. The van der Waals surface area contributed by atoms with Gasteiger partial charge in [0, 0.05) is 28.0 Å². The van der Waals surface area contributed by atoms with Gasteiger partial charge in [0.1, 0.15) is 6.61 Å². The zero-order valence-corrected chi connectivity index (χ0v) is 13.1. The molecule has 0 spiro atoms. The molecule has 0 atom stereocenters. The SMILES string of the molecule is O=C(CCS)OCc1ccc2c(c1)C(=O)c1ccccc1C2=O. The zero-order valence-electron chi connectivity index (χ0n) is 12.2. The first-order valence-corrected chi connectivity index (χ1v) is 7.83. The lowest BCUT2D eigenvalue weighted by Gasteiger charge is -2.18. The number of benzene rings is 2. The van der Waals surface area contributed by atoms with E-state index in [-0.39, 0.29) is 30.6 Å². The van der Waals surface area contributed by atoms with E-state index in [1.54, 1.807) is 42.5 Å². The third kappa shape index (κ3) is 2.92. The first-order chi connectivity index (χ1) is 11.1. The van der Waals surface area contributed by atoms with Crippen molar-refractivity contribution in [3.8, 4) is 0 Å². The van der Waals surface area contributed by atoms with E-state index in [9.17, 15) is 14.4 Å². The van der Waals surface area contributed by atoms with Gasteiger partial charge in [-0.3, -0.25) is 14.4 Å². The highest BCUT2D eigenvalue weighted by Crippen LogP contribution is 2.28. The predicted octanol–water partition coefficient (Wildman–Crippen LogP) is 2.83. The molecule has 2 aromatic rings. The van der Waals surface area contributed by atoms with E-state index in [4.69, 9.17) is 4.74 Å². The Morgan fingerprint density at radius 1 is 0.913 bits per heavy atom. The second-order valence-corrected chi connectivity index (χ2v) is 5.67.